The number of sulfone groups is 1. The maximum absolute atomic E-state index is 13.6. The summed E-state index contributed by atoms with van der Waals surface area (Å²) in [4.78, 5) is 8.64. The second-order valence-electron chi connectivity index (χ2n) is 8.62. The van der Waals surface area contributed by atoms with E-state index in [0.717, 1.165) is 5.56 Å². The lowest BCUT2D eigenvalue weighted by Gasteiger charge is -2.20. The number of benzene rings is 1. The van der Waals surface area contributed by atoms with Gasteiger partial charge in [0.05, 0.1) is 19.5 Å². The number of hydrogen-bond acceptors (Lipinski definition) is 9. The van der Waals surface area contributed by atoms with Crippen LogP contribution in [0.15, 0.2) is 47.1 Å². The minimum Gasteiger partial charge on any atom is -0.494 e. The van der Waals surface area contributed by atoms with Gasteiger partial charge < -0.3 is 13.9 Å². The molecule has 0 aliphatic heterocycles. The molecule has 10 nitrogen and oxygen atoms in total. The Hall–Kier alpha value is -3.73. The maximum Gasteiger partial charge on any atom is 0.204 e. The van der Waals surface area contributed by atoms with Gasteiger partial charge in [0, 0.05) is 18.3 Å². The highest BCUT2D eigenvalue weighted by Gasteiger charge is 2.33. The molecule has 0 spiro atoms. The lowest BCUT2D eigenvalue weighted by Crippen LogP contribution is -2.27. The third kappa shape index (κ3) is 4.83. The third-order valence-corrected chi connectivity index (χ3v) is 8.33. The molecule has 0 unspecified atom stereocenters. The number of furan rings is 1. The summed E-state index contributed by atoms with van der Waals surface area (Å²) in [5.41, 5.74) is 1.38. The molecule has 4 rings (SSSR count). The van der Waals surface area contributed by atoms with Crippen molar-refractivity contribution in [1.82, 2.24) is 24.7 Å². The van der Waals surface area contributed by atoms with Crippen molar-refractivity contribution in [2.24, 2.45) is 0 Å². The van der Waals surface area contributed by atoms with Crippen molar-refractivity contribution in [3.8, 4) is 28.8 Å². The monoisotopic (exact) mass is 511 g/mol. The van der Waals surface area contributed by atoms with Gasteiger partial charge in [0.25, 0.3) is 0 Å². The highest BCUT2D eigenvalue weighted by molar-refractivity contribution is 7.91. The van der Waals surface area contributed by atoms with Crippen molar-refractivity contribution in [3.63, 3.8) is 0 Å². The van der Waals surface area contributed by atoms with E-state index in [4.69, 9.17) is 13.9 Å². The fourth-order valence-corrected chi connectivity index (χ4v) is 5.43. The number of hydrogen-bond donors (Lipinski definition) is 0. The first-order valence-corrected chi connectivity index (χ1v) is 13.1. The van der Waals surface area contributed by atoms with Crippen LogP contribution in [0.5, 0.6) is 11.5 Å². The lowest BCUT2D eigenvalue weighted by molar-refractivity contribution is 0.390. The molecule has 190 valence electrons. The molecule has 0 saturated heterocycles. The molecule has 0 aliphatic carbocycles. The van der Waals surface area contributed by atoms with Crippen LogP contribution in [0.2, 0.25) is 0 Å². The van der Waals surface area contributed by atoms with Crippen LogP contribution < -0.4 is 9.47 Å². The molecule has 3 aromatic heterocycles. The zero-order valence-electron chi connectivity index (χ0n) is 21.1. The van der Waals surface area contributed by atoms with Crippen molar-refractivity contribution in [1.29, 1.82) is 0 Å². The van der Waals surface area contributed by atoms with Gasteiger partial charge in [0.1, 0.15) is 34.5 Å². The zero-order valence-corrected chi connectivity index (χ0v) is 21.9. The van der Waals surface area contributed by atoms with Gasteiger partial charge in [-0.25, -0.2) is 18.4 Å². The van der Waals surface area contributed by atoms with Crippen LogP contribution >= 0.6 is 0 Å². The molecular formula is C25H29N5O5S. The van der Waals surface area contributed by atoms with E-state index in [0.29, 0.717) is 40.4 Å². The summed E-state index contributed by atoms with van der Waals surface area (Å²) in [5.74, 6) is 2.24. The Morgan fingerprint density at radius 2 is 1.61 bits per heavy atom. The standard InChI is InChI=1S/C25H29N5O5S/c1-15-12-26-24(27-13-15)17(3)18(4)36(31,32)14-22-28-29-25(21-11-10-16(2)35-21)30(22)23-19(33-5)8-7-9-20(23)34-6/h7-13,17-18H,14H2,1-6H3/t17-,18-/m0/s1. The summed E-state index contributed by atoms with van der Waals surface area (Å²) in [6.07, 6.45) is 3.36. The molecule has 0 saturated carbocycles. The first kappa shape index (κ1) is 25.4. The second-order valence-corrected chi connectivity index (χ2v) is 11.0. The van der Waals surface area contributed by atoms with E-state index in [9.17, 15) is 8.42 Å². The Morgan fingerprint density at radius 3 is 2.17 bits per heavy atom. The van der Waals surface area contributed by atoms with Crippen molar-refractivity contribution < 1.29 is 22.3 Å². The molecule has 0 N–H and O–H groups in total. The van der Waals surface area contributed by atoms with Crippen LogP contribution in [-0.4, -0.2) is 52.6 Å². The summed E-state index contributed by atoms with van der Waals surface area (Å²) in [7, 11) is -0.662. The SMILES string of the molecule is COc1cccc(OC)c1-n1c(CS(=O)(=O)[C@@H](C)[C@H](C)c2ncc(C)cn2)nnc1-c1ccc(C)o1. The van der Waals surface area contributed by atoms with Crippen LogP contribution in [0, 0.1) is 13.8 Å². The predicted octanol–water partition coefficient (Wildman–Crippen LogP) is 4.06. The summed E-state index contributed by atoms with van der Waals surface area (Å²) >= 11 is 0. The van der Waals surface area contributed by atoms with Crippen molar-refractivity contribution in [2.45, 2.75) is 44.6 Å². The number of ether oxygens (including phenoxy) is 2. The fraction of sp³-hybridized carbons (Fsp3) is 0.360. The molecule has 2 atom stereocenters. The van der Waals surface area contributed by atoms with Gasteiger partial charge >= 0.3 is 0 Å². The van der Waals surface area contributed by atoms with Gasteiger partial charge in [0.2, 0.25) is 5.82 Å². The third-order valence-electron chi connectivity index (χ3n) is 6.13. The van der Waals surface area contributed by atoms with Crippen LogP contribution in [0.3, 0.4) is 0 Å². The molecule has 36 heavy (non-hydrogen) atoms. The topological polar surface area (TPSA) is 122 Å². The average molecular weight is 512 g/mol. The van der Waals surface area contributed by atoms with Gasteiger partial charge in [-0.05, 0) is 50.6 Å². The molecule has 0 fully saturated rings. The van der Waals surface area contributed by atoms with Gasteiger partial charge in [-0.3, -0.25) is 4.57 Å². The Kier molecular flexibility index (Phi) is 7.11. The number of aryl methyl sites for hydroxylation is 2. The Bertz CT molecular complexity index is 1440. The Morgan fingerprint density at radius 1 is 0.972 bits per heavy atom. The average Bonchev–Trinajstić information content (AvgIpc) is 3.48. The van der Waals surface area contributed by atoms with E-state index in [1.165, 1.54) is 14.2 Å². The van der Waals surface area contributed by atoms with Crippen molar-refractivity contribution in [3.05, 3.63) is 65.7 Å². The molecule has 4 aromatic rings. The van der Waals surface area contributed by atoms with Crippen LogP contribution in [0.1, 0.15) is 42.7 Å². The zero-order chi connectivity index (χ0) is 26.0. The van der Waals surface area contributed by atoms with Gasteiger partial charge in [-0.2, -0.15) is 0 Å². The van der Waals surface area contributed by atoms with Crippen LogP contribution in [0.25, 0.3) is 17.3 Å². The molecule has 0 aliphatic rings. The molecule has 0 bridgehead atoms. The molecule has 1 aromatic carbocycles. The number of para-hydroxylation sites is 1. The molecule has 0 amide bonds. The summed E-state index contributed by atoms with van der Waals surface area (Å²) in [6, 6.07) is 8.86. The largest absolute Gasteiger partial charge is 0.494 e. The number of aromatic nitrogens is 5. The summed E-state index contributed by atoms with van der Waals surface area (Å²) in [6.45, 7) is 7.16. The lowest BCUT2D eigenvalue weighted by atomic mass is 10.1. The number of methoxy groups -OCH3 is 2. The normalized spacial score (nSPS) is 13.4. The second kappa shape index (κ2) is 10.1. The predicted molar refractivity (Wildman–Crippen MR) is 134 cm³/mol. The highest BCUT2D eigenvalue weighted by Crippen LogP contribution is 2.37. The van der Waals surface area contributed by atoms with E-state index in [1.807, 2.05) is 13.8 Å². The van der Waals surface area contributed by atoms with E-state index >= 15 is 0 Å². The number of rotatable bonds is 9. The van der Waals surface area contributed by atoms with Crippen LogP contribution in [0.4, 0.5) is 0 Å². The van der Waals surface area contributed by atoms with Crippen molar-refractivity contribution >= 4 is 9.84 Å². The Balaban J connectivity index is 1.81. The first-order chi connectivity index (χ1) is 17.2. The molecule has 3 heterocycles. The molecule has 11 heteroatoms. The summed E-state index contributed by atoms with van der Waals surface area (Å²) in [5, 5.41) is 7.80. The fourth-order valence-electron chi connectivity index (χ4n) is 3.88. The van der Waals surface area contributed by atoms with Crippen LogP contribution in [-0.2, 0) is 15.6 Å². The molecular weight excluding hydrogens is 482 g/mol. The van der Waals surface area contributed by atoms with Crippen molar-refractivity contribution in [2.75, 3.05) is 14.2 Å². The smallest absolute Gasteiger partial charge is 0.204 e. The van der Waals surface area contributed by atoms with E-state index in [-0.39, 0.29) is 11.6 Å². The maximum atomic E-state index is 13.6. The van der Waals surface area contributed by atoms with E-state index < -0.39 is 21.0 Å². The highest BCUT2D eigenvalue weighted by atomic mass is 32.2. The number of nitrogens with zero attached hydrogens (tertiary/aromatic N) is 5. The minimum atomic E-state index is -3.72. The van der Waals surface area contributed by atoms with E-state index in [1.54, 1.807) is 61.1 Å². The van der Waals surface area contributed by atoms with E-state index in [2.05, 4.69) is 20.2 Å². The molecule has 0 radical (unpaired) electrons. The minimum absolute atomic E-state index is 0.200. The van der Waals surface area contributed by atoms with Gasteiger partial charge in [-0.15, -0.1) is 10.2 Å². The summed E-state index contributed by atoms with van der Waals surface area (Å²) < 4.78 is 45.8. The Labute approximate surface area is 210 Å². The quantitative estimate of drug-likeness (QED) is 0.327. The van der Waals surface area contributed by atoms with Gasteiger partial charge in [0.15, 0.2) is 21.4 Å². The first-order valence-electron chi connectivity index (χ1n) is 11.4. The van der Waals surface area contributed by atoms with Gasteiger partial charge in [-0.1, -0.05) is 13.0 Å².